The van der Waals surface area contributed by atoms with Crippen molar-refractivity contribution in [3.63, 3.8) is 0 Å². The molecule has 0 saturated heterocycles. The monoisotopic (exact) mass is 2000 g/mol. The van der Waals surface area contributed by atoms with Crippen molar-refractivity contribution in [2.45, 2.75) is 65.2 Å². The van der Waals surface area contributed by atoms with Crippen LogP contribution < -0.4 is 65.1 Å². The molecular formula is C102H98N28O10S4. The Morgan fingerprint density at radius 2 is 0.722 bits per heavy atom. The average molecular weight is 2000 g/mol. The van der Waals surface area contributed by atoms with E-state index in [1.807, 2.05) is 111 Å². The standard InChI is InChI=1S/C21H19N5O2S.C19H17N5O2S.2C18H16N6O2S.2C13H15N3O/c22-21-24-18(12-20(25-21)23-14-10-11-14)17-13-26(19-9-5-4-8-16(17)19)29(27,28)15-6-2-1-3-7-15;1-21-18-12-16(22-19(20)23-18)13-7-8-17-14(11-13)9-10-24(17)27(25,26)15-5-3-2-4-6-15;1-20-16-10-15(22-18(19)23-16)14-11-24(17-13(14)8-5-9-21-17)27(25,26)12-6-3-2-4-7-12;1-20-16-11-15(22-18(19)23-16)13-7-9-21-17-14(13)8-10-24(17)27(25,26)12-5-3-2-4-6-12;1-3-10-8-12(16-13(14)15-10)9-4-6-11(17-2)7-5-9;1-3-9-8-11(16-13(14)15-9)10-6-4-5-7-12(10)17-2/h1-9,12-14H,10-11H2,(H3,22,23,24,25);2-12H,1H3,(H3,20,21,22,23);2*2-11H,1H3,(H3,19,20,22,23);2*4-8H,3H2,1-2H3,(H2,14,15,16). The lowest BCUT2D eigenvalue weighted by molar-refractivity contribution is 0.415. The molecule has 1 aliphatic carbocycles. The molecule has 12 heterocycles. The summed E-state index contributed by atoms with van der Waals surface area (Å²) in [6, 6.07) is 81.6. The van der Waals surface area contributed by atoms with Crippen LogP contribution >= 0.6 is 0 Å². The van der Waals surface area contributed by atoms with Gasteiger partial charge >= 0.3 is 0 Å². The molecule has 1 aliphatic rings. The van der Waals surface area contributed by atoms with Crippen molar-refractivity contribution >= 4 is 143 Å². The molecule has 1 fully saturated rings. The smallest absolute Gasteiger partial charge is 0.269 e. The van der Waals surface area contributed by atoms with Gasteiger partial charge in [-0.15, -0.1) is 0 Å². The van der Waals surface area contributed by atoms with Gasteiger partial charge in [-0.25, -0.2) is 99.4 Å². The van der Waals surface area contributed by atoms with Gasteiger partial charge in [0.15, 0.2) is 11.3 Å². The van der Waals surface area contributed by atoms with Gasteiger partial charge in [0.2, 0.25) is 35.7 Å². The van der Waals surface area contributed by atoms with Gasteiger partial charge < -0.3 is 65.1 Å². The second-order valence-corrected chi connectivity index (χ2v) is 39.2. The number of fused-ring (bicyclic) bond motifs is 4. The highest BCUT2D eigenvalue weighted by atomic mass is 32.2. The summed E-state index contributed by atoms with van der Waals surface area (Å²) in [6.45, 7) is 4.08. The molecule has 42 heteroatoms. The number of methoxy groups -OCH3 is 2. The lowest BCUT2D eigenvalue weighted by Crippen LogP contribution is -2.12. The Balaban J connectivity index is 0.000000125. The Kier molecular flexibility index (Phi) is 29.8. The minimum Gasteiger partial charge on any atom is -0.497 e. The first kappa shape index (κ1) is 99.1. The number of nitrogens with two attached hydrogens (primary N) is 6. The van der Waals surface area contributed by atoms with E-state index in [1.165, 1.54) is 28.3 Å². The predicted molar refractivity (Wildman–Crippen MR) is 562 cm³/mol. The Morgan fingerprint density at radius 3 is 1.25 bits per heavy atom. The molecule has 0 atom stereocenters. The molecule has 0 amide bonds. The highest BCUT2D eigenvalue weighted by Crippen LogP contribution is 2.39. The number of nitrogens with one attached hydrogen (secondary N) is 4. The van der Waals surface area contributed by atoms with E-state index in [2.05, 4.69) is 91.0 Å². The Labute approximate surface area is 829 Å². The van der Waals surface area contributed by atoms with Crippen molar-refractivity contribution in [1.29, 1.82) is 0 Å². The molecule has 8 aromatic carbocycles. The second kappa shape index (κ2) is 43.2. The number of ether oxygens (including phenoxy) is 2. The van der Waals surface area contributed by atoms with Crippen LogP contribution in [0.2, 0.25) is 0 Å². The highest BCUT2D eigenvalue weighted by molar-refractivity contribution is 7.91. The van der Waals surface area contributed by atoms with E-state index in [9.17, 15) is 33.7 Å². The van der Waals surface area contributed by atoms with Crippen molar-refractivity contribution in [3.8, 4) is 79.0 Å². The van der Waals surface area contributed by atoms with E-state index in [0.29, 0.717) is 114 Å². The van der Waals surface area contributed by atoms with Crippen LogP contribution in [-0.2, 0) is 52.9 Å². The maximum Gasteiger partial charge on any atom is 0.269 e. The number of hydrogen-bond donors (Lipinski definition) is 10. The first-order valence-electron chi connectivity index (χ1n) is 44.8. The van der Waals surface area contributed by atoms with E-state index >= 15 is 0 Å². The minimum absolute atomic E-state index is 0.0903. The molecule has 0 radical (unpaired) electrons. The van der Waals surface area contributed by atoms with Crippen LogP contribution in [-0.4, -0.2) is 161 Å². The molecule has 0 aliphatic heterocycles. The summed E-state index contributed by atoms with van der Waals surface area (Å²) in [5.41, 5.74) is 47.1. The number of nitrogens with zero attached hydrogens (tertiary/aromatic N) is 18. The van der Waals surface area contributed by atoms with Gasteiger partial charge in [-0.1, -0.05) is 123 Å². The summed E-state index contributed by atoms with van der Waals surface area (Å²) in [5, 5.41) is 15.0. The summed E-state index contributed by atoms with van der Waals surface area (Å²) in [7, 11) is -6.49. The first-order valence-corrected chi connectivity index (χ1v) is 50.6. The van der Waals surface area contributed by atoms with Crippen LogP contribution in [0.3, 0.4) is 0 Å². The van der Waals surface area contributed by atoms with Crippen LogP contribution in [0, 0.1) is 0 Å². The molecule has 12 aromatic heterocycles. The predicted octanol–water partition coefficient (Wildman–Crippen LogP) is 15.8. The van der Waals surface area contributed by atoms with Crippen molar-refractivity contribution in [3.05, 3.63) is 328 Å². The van der Waals surface area contributed by atoms with Gasteiger partial charge in [-0.05, 0) is 171 Å². The number of aromatic nitrogens is 18. The molecule has 20 aromatic rings. The molecule has 38 nitrogen and oxygen atoms in total. The summed E-state index contributed by atoms with van der Waals surface area (Å²) < 4.78 is 120. The van der Waals surface area contributed by atoms with Gasteiger partial charge in [0.1, 0.15) is 34.8 Å². The third kappa shape index (κ3) is 22.2. The molecule has 0 bridgehead atoms. The summed E-state index contributed by atoms with van der Waals surface area (Å²) >= 11 is 0. The Hall–Kier alpha value is -17.9. The van der Waals surface area contributed by atoms with E-state index in [1.54, 1.807) is 242 Å². The van der Waals surface area contributed by atoms with E-state index < -0.39 is 40.1 Å². The van der Waals surface area contributed by atoms with Crippen molar-refractivity contribution in [1.82, 2.24) is 85.7 Å². The largest absolute Gasteiger partial charge is 0.497 e. The third-order valence-corrected chi connectivity index (χ3v) is 29.2. The lowest BCUT2D eigenvalue weighted by atomic mass is 10.1. The summed E-state index contributed by atoms with van der Waals surface area (Å²) in [4.78, 5) is 59.8. The lowest BCUT2D eigenvalue weighted by Gasteiger charge is -2.09. The van der Waals surface area contributed by atoms with Crippen LogP contribution in [0.1, 0.15) is 38.1 Å². The quantitative estimate of drug-likeness (QED) is 0.0284. The molecule has 21 rings (SSSR count). The molecule has 144 heavy (non-hydrogen) atoms. The molecule has 0 unspecified atom stereocenters. The number of pyridine rings is 2. The zero-order chi connectivity index (χ0) is 102. The van der Waals surface area contributed by atoms with Crippen LogP contribution in [0.15, 0.2) is 336 Å². The van der Waals surface area contributed by atoms with Crippen molar-refractivity contribution in [2.24, 2.45) is 0 Å². The van der Waals surface area contributed by atoms with Crippen molar-refractivity contribution < 1.29 is 43.1 Å². The molecule has 730 valence electrons. The first-order chi connectivity index (χ1) is 69.5. The zero-order valence-corrected chi connectivity index (χ0v) is 81.9. The van der Waals surface area contributed by atoms with Crippen LogP contribution in [0.4, 0.5) is 59.0 Å². The number of para-hydroxylation sites is 2. The fraction of sp³-hybridized carbons (Fsp3) is 0.118. The normalized spacial score (nSPS) is 11.8. The van der Waals surface area contributed by atoms with E-state index in [-0.39, 0.29) is 43.4 Å². The summed E-state index contributed by atoms with van der Waals surface area (Å²) in [6.07, 6.45) is 13.2. The number of anilines is 10. The zero-order valence-electron chi connectivity index (χ0n) is 78.7. The molecule has 16 N–H and O–H groups in total. The molecular weight excluding hydrogens is 1910 g/mol. The van der Waals surface area contributed by atoms with Gasteiger partial charge in [0.05, 0.1) is 79.0 Å². The second-order valence-electron chi connectivity index (χ2n) is 31.9. The summed E-state index contributed by atoms with van der Waals surface area (Å²) in [5.74, 6) is 5.12. The van der Waals surface area contributed by atoms with E-state index in [4.69, 9.17) is 43.9 Å². The van der Waals surface area contributed by atoms with Gasteiger partial charge in [-0.2, -0.15) is 19.9 Å². The van der Waals surface area contributed by atoms with Crippen LogP contribution in [0.5, 0.6) is 11.5 Å². The Morgan fingerprint density at radius 1 is 0.326 bits per heavy atom. The number of hydrogen-bond acceptors (Lipinski definition) is 34. The molecule has 0 spiro atoms. The Bertz CT molecular complexity index is 8540. The number of aryl methyl sites for hydroxylation is 2. The fourth-order valence-electron chi connectivity index (χ4n) is 15.3. The maximum atomic E-state index is 13.3. The highest BCUT2D eigenvalue weighted by Gasteiger charge is 2.29. The number of nitrogen functional groups attached to an aromatic ring is 6. The minimum atomic E-state index is -3.81. The van der Waals surface area contributed by atoms with Gasteiger partial charge in [-0.3, -0.25) is 0 Å². The van der Waals surface area contributed by atoms with E-state index in [0.717, 1.165) is 87.4 Å². The SMILES string of the molecule is CCc1cc(-c2ccc(OC)cc2)nc(N)n1.CCc1cc(-c2ccccc2OC)nc(N)n1.CNc1cc(-c2ccc3c(ccn3S(=O)(=O)c3ccccc3)c2)nc(N)n1.CNc1cc(-c2ccnc3c2ccn3S(=O)(=O)c2ccccc2)nc(N)n1.CNc1cc(-c2cn(S(=O)(=O)c3ccccc3)c3ncccc23)nc(N)n1.Nc1nc(NC2CC2)cc(-c2cn(S(=O)(=O)c3ccccc3)c3ccccc23)n1. The van der Waals surface area contributed by atoms with Crippen molar-refractivity contribution in [2.75, 3.05) is 91.0 Å². The fourth-order valence-corrected chi connectivity index (χ4v) is 20.8. The number of benzene rings is 8. The van der Waals surface area contributed by atoms with Gasteiger partial charge in [0.25, 0.3) is 40.1 Å². The molecule has 1 saturated carbocycles. The third-order valence-electron chi connectivity index (χ3n) is 22.5. The average Bonchev–Trinajstić information content (AvgIpc) is 1.61. The topological polar surface area (TPSA) is 559 Å². The maximum absolute atomic E-state index is 13.3. The number of rotatable bonds is 23. The van der Waals surface area contributed by atoms with Gasteiger partial charge in [0, 0.05) is 155 Å². The van der Waals surface area contributed by atoms with Crippen LogP contribution in [0.25, 0.3) is 111 Å².